The molecule has 0 amide bonds. The summed E-state index contributed by atoms with van der Waals surface area (Å²) in [4.78, 5) is 28.7. The van der Waals surface area contributed by atoms with E-state index in [1.807, 2.05) is 39.8 Å². The molecule has 0 aromatic carbocycles. The van der Waals surface area contributed by atoms with Crippen LogP contribution in [0.4, 0.5) is 0 Å². The highest BCUT2D eigenvalue weighted by atomic mass is 16.7. The van der Waals surface area contributed by atoms with E-state index in [9.17, 15) is 24.9 Å². The molecule has 40 heavy (non-hydrogen) atoms. The van der Waals surface area contributed by atoms with E-state index >= 15 is 0 Å². The third-order valence-corrected chi connectivity index (χ3v) is 9.27. The van der Waals surface area contributed by atoms with Crippen LogP contribution < -0.4 is 0 Å². The molecule has 0 aromatic heterocycles. The van der Waals surface area contributed by atoms with Gasteiger partial charge < -0.3 is 39.2 Å². The number of hydrogen-bond donors (Lipinski definition) is 3. The van der Waals surface area contributed by atoms with Gasteiger partial charge in [0.05, 0.1) is 29.8 Å². The van der Waals surface area contributed by atoms with Gasteiger partial charge in [-0.25, -0.2) is 0 Å². The van der Waals surface area contributed by atoms with Crippen molar-refractivity contribution in [3.05, 3.63) is 0 Å². The van der Waals surface area contributed by atoms with Crippen LogP contribution >= 0.6 is 0 Å². The number of likely N-dealkylation sites (N-methyl/N-ethyl adjacent to an activating group) is 1. The Morgan fingerprint density at radius 3 is 2.15 bits per heavy atom. The number of rotatable bonds is 5. The van der Waals surface area contributed by atoms with Gasteiger partial charge in [-0.15, -0.1) is 0 Å². The van der Waals surface area contributed by atoms with Gasteiger partial charge in [-0.05, 0) is 66.5 Å². The number of hydrogen-bond acceptors (Lipinski definition) is 10. The quantitative estimate of drug-likeness (QED) is 0.421. The summed E-state index contributed by atoms with van der Waals surface area (Å²) in [6, 6.07) is -0.174. The maximum absolute atomic E-state index is 13.6. The zero-order chi connectivity index (χ0) is 30.7. The van der Waals surface area contributed by atoms with Crippen LogP contribution in [0.25, 0.3) is 0 Å². The minimum atomic E-state index is -1.82. The normalized spacial score (nSPS) is 46.6. The smallest absolute Gasteiger partial charge is 0.309 e. The van der Waals surface area contributed by atoms with E-state index in [1.165, 1.54) is 6.92 Å². The molecule has 0 unspecified atom stereocenters. The van der Waals surface area contributed by atoms with Gasteiger partial charge in [0.2, 0.25) is 0 Å². The molecule has 2 aliphatic rings. The topological polar surface area (TPSA) is 135 Å². The molecule has 2 heterocycles. The van der Waals surface area contributed by atoms with E-state index in [1.54, 1.807) is 34.8 Å². The Balaban J connectivity index is 2.54. The summed E-state index contributed by atoms with van der Waals surface area (Å²) < 4.78 is 24.5. The molecule has 2 fully saturated rings. The van der Waals surface area contributed by atoms with Crippen LogP contribution in [0.5, 0.6) is 0 Å². The predicted octanol–water partition coefficient (Wildman–Crippen LogP) is 2.54. The molecule has 2 rings (SSSR count). The maximum atomic E-state index is 13.6. The predicted molar refractivity (Wildman–Crippen MR) is 150 cm³/mol. The number of ketones is 1. The monoisotopic (exact) mass is 573 g/mol. The molecule has 0 spiro atoms. The lowest BCUT2D eigenvalue weighted by atomic mass is 9.74. The standard InChI is InChI=1S/C30H55NO9/c1-12-22-30(8,36)25(34)20(6)23(32)18(4)15-29(7,37-11)26(16(2)13-17(3)27(35)39-22)40-28-24(33)21(31(9)10)14-19(5)38-28/h16-22,24-26,28,33-34,36H,12-15H2,1-11H3/t16-,17+,18+,19+,20-,21-,22+,24+,25+,26+,28-,29-,30+/m0/s1. The summed E-state index contributed by atoms with van der Waals surface area (Å²) in [6.07, 6.45) is -3.59. The zero-order valence-electron chi connectivity index (χ0n) is 26.4. The van der Waals surface area contributed by atoms with Crippen LogP contribution in [0, 0.1) is 23.7 Å². The first-order chi connectivity index (χ1) is 18.4. The van der Waals surface area contributed by atoms with Crippen molar-refractivity contribution in [2.75, 3.05) is 21.2 Å². The summed E-state index contributed by atoms with van der Waals surface area (Å²) in [5, 5.41) is 33.6. The Morgan fingerprint density at radius 2 is 1.62 bits per heavy atom. The molecule has 13 atom stereocenters. The van der Waals surface area contributed by atoms with E-state index in [-0.39, 0.29) is 36.7 Å². The van der Waals surface area contributed by atoms with E-state index in [0.29, 0.717) is 12.8 Å². The van der Waals surface area contributed by atoms with Crippen LogP contribution in [0.15, 0.2) is 0 Å². The Morgan fingerprint density at radius 1 is 1.02 bits per heavy atom. The summed E-state index contributed by atoms with van der Waals surface area (Å²) in [5.41, 5.74) is -2.84. The fourth-order valence-corrected chi connectivity index (χ4v) is 6.65. The van der Waals surface area contributed by atoms with Crippen LogP contribution in [0.1, 0.15) is 81.1 Å². The average Bonchev–Trinajstić information content (AvgIpc) is 2.88. The van der Waals surface area contributed by atoms with Gasteiger partial charge >= 0.3 is 5.97 Å². The Hall–Kier alpha value is -1.14. The van der Waals surface area contributed by atoms with Gasteiger partial charge in [0.25, 0.3) is 0 Å². The fourth-order valence-electron chi connectivity index (χ4n) is 6.65. The van der Waals surface area contributed by atoms with Crippen molar-refractivity contribution in [2.24, 2.45) is 23.7 Å². The number of carbonyl (C=O) groups excluding carboxylic acids is 2. The third kappa shape index (κ3) is 7.62. The SMILES string of the molecule is CC[C@H]1OC(=O)[C@H](C)C[C@H](C)[C@@H](O[C@@H]2O[C@H](C)C[C@H](N(C)C)[C@H]2O)[C@@](C)(OC)C[C@@H](C)C(=O)[C@H](C)[C@@H](O)[C@]1(C)O. The number of esters is 1. The Kier molecular flexibility index (Phi) is 12.2. The molecule has 10 heteroatoms. The molecular formula is C30H55NO9. The second-order valence-corrected chi connectivity index (χ2v) is 13.1. The molecule has 2 saturated heterocycles. The van der Waals surface area contributed by atoms with E-state index in [4.69, 9.17) is 18.9 Å². The zero-order valence-corrected chi connectivity index (χ0v) is 26.4. The van der Waals surface area contributed by atoms with Gasteiger partial charge in [-0.1, -0.05) is 34.6 Å². The largest absolute Gasteiger partial charge is 0.459 e. The van der Waals surface area contributed by atoms with Crippen molar-refractivity contribution in [3.63, 3.8) is 0 Å². The first kappa shape index (κ1) is 35.1. The second kappa shape index (κ2) is 13.9. The lowest BCUT2D eigenvalue weighted by Gasteiger charge is -2.47. The Bertz CT molecular complexity index is 851. The van der Waals surface area contributed by atoms with Gasteiger partial charge in [-0.2, -0.15) is 0 Å². The lowest BCUT2D eigenvalue weighted by molar-refractivity contribution is -0.297. The van der Waals surface area contributed by atoms with E-state index in [0.717, 1.165) is 0 Å². The number of Topliss-reactive ketones (excluding diaryl/α,β-unsaturated/α-hetero) is 1. The van der Waals surface area contributed by atoms with Gasteiger partial charge in [-0.3, -0.25) is 9.59 Å². The summed E-state index contributed by atoms with van der Waals surface area (Å²) >= 11 is 0. The van der Waals surface area contributed by atoms with Crippen molar-refractivity contribution >= 4 is 11.8 Å². The highest BCUT2D eigenvalue weighted by Gasteiger charge is 2.50. The van der Waals surface area contributed by atoms with Gasteiger partial charge in [0.1, 0.15) is 23.6 Å². The average molecular weight is 574 g/mol. The van der Waals surface area contributed by atoms with Crippen LogP contribution in [0.3, 0.4) is 0 Å². The lowest BCUT2D eigenvalue weighted by Crippen LogP contribution is -2.59. The van der Waals surface area contributed by atoms with Crippen molar-refractivity contribution in [1.82, 2.24) is 4.90 Å². The van der Waals surface area contributed by atoms with Crippen LogP contribution in [-0.4, -0.2) is 107 Å². The molecule has 0 aromatic rings. The number of cyclic esters (lactones) is 1. The van der Waals surface area contributed by atoms with E-state index in [2.05, 4.69) is 0 Å². The maximum Gasteiger partial charge on any atom is 0.309 e. The molecular weight excluding hydrogens is 518 g/mol. The number of aliphatic hydroxyl groups is 3. The Labute approximate surface area is 240 Å². The molecule has 0 bridgehead atoms. The summed E-state index contributed by atoms with van der Waals surface area (Å²) in [6.45, 7) is 14.0. The third-order valence-electron chi connectivity index (χ3n) is 9.27. The number of carbonyl (C=O) groups is 2. The highest BCUT2D eigenvalue weighted by molar-refractivity contribution is 5.83. The molecule has 0 saturated carbocycles. The molecule has 2 aliphatic heterocycles. The van der Waals surface area contributed by atoms with Gasteiger partial charge in [0, 0.05) is 25.0 Å². The molecule has 0 radical (unpaired) electrons. The van der Waals surface area contributed by atoms with Crippen molar-refractivity contribution in [2.45, 2.75) is 135 Å². The minimum Gasteiger partial charge on any atom is -0.459 e. The van der Waals surface area contributed by atoms with E-state index < -0.39 is 65.6 Å². The van der Waals surface area contributed by atoms with Crippen molar-refractivity contribution in [1.29, 1.82) is 0 Å². The van der Waals surface area contributed by atoms with Crippen molar-refractivity contribution < 1.29 is 43.9 Å². The summed E-state index contributed by atoms with van der Waals surface area (Å²) in [7, 11) is 5.37. The number of aliphatic hydroxyl groups excluding tert-OH is 2. The number of nitrogens with zero attached hydrogens (tertiary/aromatic N) is 1. The highest BCUT2D eigenvalue weighted by Crippen LogP contribution is 2.39. The molecule has 234 valence electrons. The van der Waals surface area contributed by atoms with Crippen molar-refractivity contribution in [3.8, 4) is 0 Å². The first-order valence-electron chi connectivity index (χ1n) is 14.8. The molecule has 0 aliphatic carbocycles. The first-order valence-corrected chi connectivity index (χ1v) is 14.8. The summed E-state index contributed by atoms with van der Waals surface area (Å²) in [5.74, 6) is -3.08. The second-order valence-electron chi connectivity index (χ2n) is 13.1. The van der Waals surface area contributed by atoms with Crippen LogP contribution in [0.2, 0.25) is 0 Å². The number of methoxy groups -OCH3 is 1. The van der Waals surface area contributed by atoms with Crippen LogP contribution in [-0.2, 0) is 28.5 Å². The molecule has 3 N–H and O–H groups in total. The van der Waals surface area contributed by atoms with Gasteiger partial charge in [0.15, 0.2) is 6.29 Å². The minimum absolute atomic E-state index is 0.154. The molecule has 10 nitrogen and oxygen atoms in total. The fraction of sp³-hybridized carbons (Fsp3) is 0.933. The number of ether oxygens (including phenoxy) is 4.